The van der Waals surface area contributed by atoms with E-state index in [-0.39, 0.29) is 0 Å². The van der Waals surface area contributed by atoms with E-state index in [4.69, 9.17) is 0 Å². The van der Waals surface area contributed by atoms with Crippen LogP contribution in [-0.2, 0) is 0 Å². The molecule has 0 unspecified atom stereocenters. The number of amidine groups is 1. The summed E-state index contributed by atoms with van der Waals surface area (Å²) in [5.41, 5.74) is 0. The first kappa shape index (κ1) is 7.65. The molecule has 2 rings (SSSR count). The van der Waals surface area contributed by atoms with Gasteiger partial charge in [-0.2, -0.15) is 0 Å². The molecule has 1 N–H and O–H groups in total. The van der Waals surface area contributed by atoms with Crippen molar-refractivity contribution >= 4 is 5.84 Å². The van der Waals surface area contributed by atoms with Crippen LogP contribution in [0.25, 0.3) is 0 Å². The Balaban J connectivity index is 1.97. The van der Waals surface area contributed by atoms with Gasteiger partial charge in [0.05, 0.1) is 6.54 Å². The highest BCUT2D eigenvalue weighted by Crippen LogP contribution is 2.09. The number of hydrogen-bond acceptors (Lipinski definition) is 3. The van der Waals surface area contributed by atoms with Gasteiger partial charge < -0.3 is 10.2 Å². The van der Waals surface area contributed by atoms with Gasteiger partial charge in [-0.1, -0.05) is 0 Å². The van der Waals surface area contributed by atoms with Crippen LogP contribution in [0.4, 0.5) is 0 Å². The topological polar surface area (TPSA) is 27.6 Å². The molecule has 0 aliphatic carbocycles. The zero-order valence-corrected chi connectivity index (χ0v) is 7.29. The molecule has 0 aromatic carbocycles. The van der Waals surface area contributed by atoms with Crippen LogP contribution in [0.5, 0.6) is 0 Å². The monoisotopic (exact) mass is 165 g/mol. The molecule has 0 amide bonds. The highest BCUT2D eigenvalue weighted by Gasteiger charge is 2.14. The number of nitrogens with one attached hydrogen (secondary N) is 1. The Labute approximate surface area is 73.2 Å². The molecule has 0 aromatic heterocycles. The molecule has 0 spiro atoms. The van der Waals surface area contributed by atoms with Crippen LogP contribution in [0, 0.1) is 0 Å². The van der Waals surface area contributed by atoms with Gasteiger partial charge in [-0.3, -0.25) is 0 Å². The highest BCUT2D eigenvalue weighted by atomic mass is 15.2. The molecule has 2 aliphatic rings. The molecule has 0 saturated carbocycles. The van der Waals surface area contributed by atoms with Gasteiger partial charge in [0, 0.05) is 25.5 Å². The molecule has 1 saturated heterocycles. The molecule has 0 radical (unpaired) electrons. The van der Waals surface area contributed by atoms with E-state index in [2.05, 4.69) is 15.2 Å². The highest BCUT2D eigenvalue weighted by molar-refractivity contribution is 5.85. The van der Waals surface area contributed by atoms with E-state index in [9.17, 15) is 0 Å². The summed E-state index contributed by atoms with van der Waals surface area (Å²) in [6.45, 7) is 3.28. The third-order valence-electron chi connectivity index (χ3n) is 2.40. The predicted octanol–water partition coefficient (Wildman–Crippen LogP) is 0.945. The second kappa shape index (κ2) is 3.61. The molecule has 0 bridgehead atoms. The fraction of sp³-hybridized carbons (Fsp3) is 0.667. The van der Waals surface area contributed by atoms with Crippen molar-refractivity contribution in [2.45, 2.75) is 19.3 Å². The van der Waals surface area contributed by atoms with Gasteiger partial charge in [0.2, 0.25) is 0 Å². The average molecular weight is 165 g/mol. The number of nitrogens with zero attached hydrogens (tertiary/aromatic N) is 2. The quantitative estimate of drug-likeness (QED) is 0.578. The number of aliphatic imine (C=N–C) groups is 1. The fourth-order valence-corrected chi connectivity index (χ4v) is 1.72. The van der Waals surface area contributed by atoms with Gasteiger partial charge in [0.15, 0.2) is 0 Å². The van der Waals surface area contributed by atoms with Gasteiger partial charge in [-0.25, -0.2) is 4.99 Å². The third-order valence-corrected chi connectivity index (χ3v) is 2.40. The average Bonchev–Trinajstić information content (AvgIpc) is 2.21. The van der Waals surface area contributed by atoms with E-state index in [1.807, 2.05) is 12.4 Å². The van der Waals surface area contributed by atoms with E-state index in [0.29, 0.717) is 0 Å². The lowest BCUT2D eigenvalue weighted by Gasteiger charge is -2.30. The van der Waals surface area contributed by atoms with E-state index in [0.717, 1.165) is 6.54 Å². The standard InChI is InChI=1S/C9H15N3/c1-2-6-12(7-3-1)9-8-10-4-5-11-9/h4-5,10H,1-3,6-8H2. The molecule has 3 heteroatoms. The van der Waals surface area contributed by atoms with Crippen LogP contribution < -0.4 is 5.32 Å². The van der Waals surface area contributed by atoms with Crippen LogP contribution >= 0.6 is 0 Å². The lowest BCUT2D eigenvalue weighted by atomic mass is 10.1. The largest absolute Gasteiger partial charge is 0.382 e. The van der Waals surface area contributed by atoms with Crippen molar-refractivity contribution in [2.24, 2.45) is 4.99 Å². The van der Waals surface area contributed by atoms with Crippen LogP contribution in [0.2, 0.25) is 0 Å². The molecule has 2 heterocycles. The second-order valence-electron chi connectivity index (χ2n) is 3.29. The van der Waals surface area contributed by atoms with Crippen molar-refractivity contribution in [3.63, 3.8) is 0 Å². The Morgan fingerprint density at radius 1 is 1.25 bits per heavy atom. The number of likely N-dealkylation sites (tertiary alicyclic amines) is 1. The van der Waals surface area contributed by atoms with Crippen LogP contribution in [0.15, 0.2) is 17.4 Å². The summed E-state index contributed by atoms with van der Waals surface area (Å²) < 4.78 is 0. The maximum Gasteiger partial charge on any atom is 0.123 e. The minimum absolute atomic E-state index is 0.899. The SMILES string of the molecule is C1=CNCC(N2CCCCC2)=N1. The molecular formula is C9H15N3. The maximum atomic E-state index is 4.35. The Bertz CT molecular complexity index is 202. The van der Waals surface area contributed by atoms with Gasteiger partial charge in [-0.15, -0.1) is 0 Å². The molecule has 0 atom stereocenters. The second-order valence-corrected chi connectivity index (χ2v) is 3.29. The Morgan fingerprint density at radius 2 is 2.08 bits per heavy atom. The Kier molecular flexibility index (Phi) is 2.30. The van der Waals surface area contributed by atoms with Gasteiger partial charge >= 0.3 is 0 Å². The minimum Gasteiger partial charge on any atom is -0.382 e. The molecule has 66 valence electrons. The summed E-state index contributed by atoms with van der Waals surface area (Å²) in [4.78, 5) is 6.74. The van der Waals surface area contributed by atoms with Gasteiger partial charge in [-0.05, 0) is 19.3 Å². The lowest BCUT2D eigenvalue weighted by Crippen LogP contribution is -2.41. The Morgan fingerprint density at radius 3 is 2.75 bits per heavy atom. The third kappa shape index (κ3) is 1.60. The normalized spacial score (nSPS) is 23.3. The zero-order chi connectivity index (χ0) is 8.23. The summed E-state index contributed by atoms with van der Waals surface area (Å²) >= 11 is 0. The van der Waals surface area contributed by atoms with E-state index >= 15 is 0 Å². The maximum absolute atomic E-state index is 4.35. The molecular weight excluding hydrogens is 150 g/mol. The number of rotatable bonds is 0. The van der Waals surface area contributed by atoms with E-state index in [1.165, 1.54) is 38.2 Å². The summed E-state index contributed by atoms with van der Waals surface area (Å²) in [6.07, 6.45) is 7.76. The van der Waals surface area contributed by atoms with Crippen molar-refractivity contribution in [1.29, 1.82) is 0 Å². The molecule has 2 aliphatic heterocycles. The first-order valence-electron chi connectivity index (χ1n) is 4.67. The van der Waals surface area contributed by atoms with Crippen molar-refractivity contribution in [3.8, 4) is 0 Å². The molecule has 0 aromatic rings. The Hall–Kier alpha value is -0.990. The van der Waals surface area contributed by atoms with Crippen LogP contribution in [0.1, 0.15) is 19.3 Å². The smallest absolute Gasteiger partial charge is 0.123 e. The fourth-order valence-electron chi connectivity index (χ4n) is 1.72. The minimum atomic E-state index is 0.899. The van der Waals surface area contributed by atoms with E-state index < -0.39 is 0 Å². The van der Waals surface area contributed by atoms with Crippen molar-refractivity contribution in [2.75, 3.05) is 19.6 Å². The first-order valence-corrected chi connectivity index (χ1v) is 4.67. The summed E-state index contributed by atoms with van der Waals surface area (Å²) in [5.74, 6) is 1.21. The van der Waals surface area contributed by atoms with Gasteiger partial charge in [0.25, 0.3) is 0 Å². The van der Waals surface area contributed by atoms with E-state index in [1.54, 1.807) is 0 Å². The predicted molar refractivity (Wildman–Crippen MR) is 50.0 cm³/mol. The molecule has 12 heavy (non-hydrogen) atoms. The lowest BCUT2D eigenvalue weighted by molar-refractivity contribution is 0.337. The van der Waals surface area contributed by atoms with Crippen molar-refractivity contribution < 1.29 is 0 Å². The van der Waals surface area contributed by atoms with Crippen LogP contribution in [0.3, 0.4) is 0 Å². The summed E-state index contributed by atoms with van der Waals surface area (Å²) in [6, 6.07) is 0. The van der Waals surface area contributed by atoms with Gasteiger partial charge in [0.1, 0.15) is 5.84 Å². The summed E-state index contributed by atoms with van der Waals surface area (Å²) in [5, 5.41) is 3.18. The number of piperidine rings is 1. The summed E-state index contributed by atoms with van der Waals surface area (Å²) in [7, 11) is 0. The van der Waals surface area contributed by atoms with Crippen LogP contribution in [-0.4, -0.2) is 30.4 Å². The first-order chi connectivity index (χ1) is 5.97. The van der Waals surface area contributed by atoms with Crippen molar-refractivity contribution in [1.82, 2.24) is 10.2 Å². The zero-order valence-electron chi connectivity index (χ0n) is 7.29. The molecule has 3 nitrogen and oxygen atoms in total. The van der Waals surface area contributed by atoms with Crippen molar-refractivity contribution in [3.05, 3.63) is 12.4 Å². The molecule has 1 fully saturated rings. The number of hydrogen-bond donors (Lipinski definition) is 1.